The number of thiocarbonyl (C=S) groups is 1. The number of aromatic nitrogens is 1. The fourth-order valence-electron chi connectivity index (χ4n) is 4.77. The number of rotatable bonds is 7. The van der Waals surface area contributed by atoms with Crippen molar-refractivity contribution in [2.45, 2.75) is 40.7 Å². The molecule has 1 aliphatic rings. The second kappa shape index (κ2) is 11.3. The molecule has 2 heterocycles. The van der Waals surface area contributed by atoms with E-state index in [1.807, 2.05) is 13.0 Å². The highest BCUT2D eigenvalue weighted by Crippen LogP contribution is 2.20. The lowest BCUT2D eigenvalue weighted by molar-refractivity contribution is 0.0367. The van der Waals surface area contributed by atoms with E-state index in [9.17, 15) is 4.79 Å². The molecule has 0 saturated carbocycles. The number of anilines is 1. The number of hydrogen-bond donors (Lipinski definition) is 2. The quantitative estimate of drug-likeness (QED) is 0.467. The van der Waals surface area contributed by atoms with Crippen molar-refractivity contribution < 1.29 is 4.74 Å². The van der Waals surface area contributed by atoms with Crippen LogP contribution in [0, 0.1) is 27.7 Å². The van der Waals surface area contributed by atoms with Crippen molar-refractivity contribution in [2.75, 3.05) is 44.7 Å². The van der Waals surface area contributed by atoms with Gasteiger partial charge in [-0.25, -0.2) is 0 Å². The lowest BCUT2D eigenvalue weighted by atomic mass is 10.1. The standard InChI is InChI=1S/C28H36N4O2S/c1-19-6-7-25(21(3)14-19)29-28(35)32(9-5-8-31-10-12-34-13-11-31)18-24-17-23-16-20(2)15-22(4)26(23)30-27(24)33/h6-7,14-17H,5,8-13,18H2,1-4H3,(H,29,35)(H,30,33). The minimum Gasteiger partial charge on any atom is -0.379 e. The molecule has 0 spiro atoms. The number of hydrogen-bond acceptors (Lipinski definition) is 4. The monoisotopic (exact) mass is 492 g/mol. The zero-order chi connectivity index (χ0) is 24.9. The third kappa shape index (κ3) is 6.48. The van der Waals surface area contributed by atoms with Crippen molar-refractivity contribution in [1.82, 2.24) is 14.8 Å². The highest BCUT2D eigenvalue weighted by molar-refractivity contribution is 7.80. The van der Waals surface area contributed by atoms with Gasteiger partial charge in [-0.1, -0.05) is 29.3 Å². The molecule has 3 aromatic rings. The van der Waals surface area contributed by atoms with E-state index in [0.29, 0.717) is 11.7 Å². The summed E-state index contributed by atoms with van der Waals surface area (Å²) < 4.78 is 5.47. The maximum absolute atomic E-state index is 13.0. The first-order valence-corrected chi connectivity index (χ1v) is 12.8. The van der Waals surface area contributed by atoms with Gasteiger partial charge in [-0.3, -0.25) is 9.69 Å². The highest BCUT2D eigenvalue weighted by Gasteiger charge is 2.16. The summed E-state index contributed by atoms with van der Waals surface area (Å²) >= 11 is 5.87. The third-order valence-corrected chi connectivity index (χ3v) is 7.01. The van der Waals surface area contributed by atoms with Crippen LogP contribution in [0.5, 0.6) is 0 Å². The van der Waals surface area contributed by atoms with E-state index >= 15 is 0 Å². The van der Waals surface area contributed by atoms with Crippen molar-refractivity contribution in [3.8, 4) is 0 Å². The molecule has 7 heteroatoms. The Kier molecular flexibility index (Phi) is 8.21. The normalized spacial score (nSPS) is 14.3. The fourth-order valence-corrected chi connectivity index (χ4v) is 5.03. The van der Waals surface area contributed by atoms with E-state index in [2.05, 4.69) is 71.2 Å². The van der Waals surface area contributed by atoms with E-state index in [-0.39, 0.29) is 5.56 Å². The molecule has 0 radical (unpaired) electrons. The molecular weight excluding hydrogens is 456 g/mol. The van der Waals surface area contributed by atoms with Gasteiger partial charge in [-0.2, -0.15) is 0 Å². The van der Waals surface area contributed by atoms with Crippen molar-refractivity contribution in [3.05, 3.63) is 74.6 Å². The summed E-state index contributed by atoms with van der Waals surface area (Å²) in [5, 5.41) is 5.12. The number of fused-ring (bicyclic) bond motifs is 1. The third-order valence-electron chi connectivity index (χ3n) is 6.65. The van der Waals surface area contributed by atoms with Crippen molar-refractivity contribution in [1.29, 1.82) is 0 Å². The predicted molar refractivity (Wildman–Crippen MR) is 148 cm³/mol. The molecule has 186 valence electrons. The molecule has 0 bridgehead atoms. The SMILES string of the molecule is Cc1ccc(NC(=S)N(CCCN2CCOCC2)Cc2cc3cc(C)cc(C)c3[nH]c2=O)c(C)c1. The van der Waals surface area contributed by atoms with E-state index in [0.717, 1.165) is 79.1 Å². The molecule has 4 rings (SSSR count). The Labute approximate surface area is 213 Å². The molecule has 2 aromatic carbocycles. The number of benzene rings is 2. The summed E-state index contributed by atoms with van der Waals surface area (Å²) in [5.74, 6) is 0. The number of ether oxygens (including phenoxy) is 1. The number of aromatic amines is 1. The van der Waals surface area contributed by atoms with Gasteiger partial charge in [-0.15, -0.1) is 0 Å². The minimum absolute atomic E-state index is 0.0584. The molecule has 2 N–H and O–H groups in total. The lowest BCUT2D eigenvalue weighted by Gasteiger charge is -2.30. The van der Waals surface area contributed by atoms with E-state index < -0.39 is 0 Å². The Balaban J connectivity index is 1.55. The smallest absolute Gasteiger partial charge is 0.253 e. The average molecular weight is 493 g/mol. The number of morpholine rings is 1. The minimum atomic E-state index is -0.0584. The van der Waals surface area contributed by atoms with Crippen molar-refractivity contribution >= 4 is 33.9 Å². The number of pyridine rings is 1. The van der Waals surface area contributed by atoms with Crippen molar-refractivity contribution in [2.24, 2.45) is 0 Å². The molecule has 0 amide bonds. The maximum atomic E-state index is 13.0. The number of aryl methyl sites for hydroxylation is 4. The summed E-state index contributed by atoms with van der Waals surface area (Å²) in [4.78, 5) is 20.7. The Morgan fingerprint density at radius 2 is 1.80 bits per heavy atom. The van der Waals surface area contributed by atoms with Crippen LogP contribution in [0.25, 0.3) is 10.9 Å². The van der Waals surface area contributed by atoms with E-state index in [1.54, 1.807) is 0 Å². The average Bonchev–Trinajstić information content (AvgIpc) is 2.82. The highest BCUT2D eigenvalue weighted by atomic mass is 32.1. The molecule has 1 aromatic heterocycles. The Morgan fingerprint density at radius 3 is 2.54 bits per heavy atom. The molecule has 35 heavy (non-hydrogen) atoms. The zero-order valence-electron chi connectivity index (χ0n) is 21.2. The summed E-state index contributed by atoms with van der Waals surface area (Å²) in [6.45, 7) is 14.0. The van der Waals surface area contributed by atoms with Gasteiger partial charge in [0.05, 0.1) is 25.3 Å². The van der Waals surface area contributed by atoms with Gasteiger partial charge in [0.15, 0.2) is 5.11 Å². The van der Waals surface area contributed by atoms with Crippen LogP contribution in [0.4, 0.5) is 5.69 Å². The van der Waals surface area contributed by atoms with Gasteiger partial charge in [0, 0.05) is 37.4 Å². The van der Waals surface area contributed by atoms with E-state index in [4.69, 9.17) is 17.0 Å². The first-order valence-electron chi connectivity index (χ1n) is 12.4. The maximum Gasteiger partial charge on any atom is 0.253 e. The lowest BCUT2D eigenvalue weighted by Crippen LogP contribution is -2.40. The van der Waals surface area contributed by atoms with Crippen LogP contribution in [0.3, 0.4) is 0 Å². The molecular formula is C28H36N4O2S. The largest absolute Gasteiger partial charge is 0.379 e. The second-order valence-corrected chi connectivity index (χ2v) is 10.0. The van der Waals surface area contributed by atoms with Gasteiger partial charge < -0.3 is 19.9 Å². The van der Waals surface area contributed by atoms with Gasteiger partial charge in [0.25, 0.3) is 5.56 Å². The fraction of sp³-hybridized carbons (Fsp3) is 0.429. The molecule has 0 unspecified atom stereocenters. The molecule has 0 atom stereocenters. The second-order valence-electron chi connectivity index (χ2n) is 9.65. The van der Waals surface area contributed by atoms with Gasteiger partial charge in [-0.05, 0) is 81.0 Å². The number of H-pyrrole nitrogens is 1. The topological polar surface area (TPSA) is 60.6 Å². The summed E-state index contributed by atoms with van der Waals surface area (Å²) in [6, 6.07) is 12.5. The van der Waals surface area contributed by atoms with Crippen LogP contribution in [0.15, 0.2) is 41.2 Å². The van der Waals surface area contributed by atoms with Crippen molar-refractivity contribution in [3.63, 3.8) is 0 Å². The van der Waals surface area contributed by atoms with Crippen LogP contribution < -0.4 is 10.9 Å². The van der Waals surface area contributed by atoms with Crippen LogP contribution >= 0.6 is 12.2 Å². The molecule has 1 aliphatic heterocycles. The van der Waals surface area contributed by atoms with Gasteiger partial charge >= 0.3 is 0 Å². The number of nitrogens with one attached hydrogen (secondary N) is 2. The first kappa shape index (κ1) is 25.4. The Hall–Kier alpha value is -2.74. The molecule has 6 nitrogen and oxygen atoms in total. The Bertz CT molecular complexity index is 1260. The van der Waals surface area contributed by atoms with Crippen LogP contribution in [0.2, 0.25) is 0 Å². The van der Waals surface area contributed by atoms with Gasteiger partial charge in [0.1, 0.15) is 0 Å². The first-order chi connectivity index (χ1) is 16.8. The number of nitrogens with zero attached hydrogens (tertiary/aromatic N) is 2. The zero-order valence-corrected chi connectivity index (χ0v) is 22.1. The van der Waals surface area contributed by atoms with Crippen LogP contribution in [0.1, 0.15) is 34.2 Å². The predicted octanol–water partition coefficient (Wildman–Crippen LogP) is 4.68. The van der Waals surface area contributed by atoms with Crippen LogP contribution in [-0.2, 0) is 11.3 Å². The molecule has 1 saturated heterocycles. The molecule has 1 fully saturated rings. The summed E-state index contributed by atoms with van der Waals surface area (Å²) in [6.07, 6.45) is 0.957. The summed E-state index contributed by atoms with van der Waals surface area (Å²) in [7, 11) is 0. The molecule has 0 aliphatic carbocycles. The Morgan fingerprint density at radius 1 is 1.06 bits per heavy atom. The van der Waals surface area contributed by atoms with E-state index in [1.165, 1.54) is 11.1 Å². The van der Waals surface area contributed by atoms with Crippen LogP contribution in [-0.4, -0.2) is 59.3 Å². The summed E-state index contributed by atoms with van der Waals surface area (Å²) in [5.41, 5.74) is 7.19. The van der Waals surface area contributed by atoms with Gasteiger partial charge in [0.2, 0.25) is 0 Å².